The van der Waals surface area contributed by atoms with Gasteiger partial charge in [-0.2, -0.15) is 5.10 Å². The molecular formula is C17H15ClN2O2S. The molecule has 118 valence electrons. The van der Waals surface area contributed by atoms with Crippen LogP contribution < -0.4 is 5.56 Å². The zero-order valence-electron chi connectivity index (χ0n) is 12.4. The first kappa shape index (κ1) is 15.9. The Morgan fingerprint density at radius 3 is 2.70 bits per heavy atom. The van der Waals surface area contributed by atoms with E-state index in [9.17, 15) is 9.90 Å². The van der Waals surface area contributed by atoms with Crippen molar-refractivity contribution in [2.24, 2.45) is 0 Å². The molecule has 0 saturated heterocycles. The Hall–Kier alpha value is -1.95. The second-order valence-corrected chi connectivity index (χ2v) is 6.88. The summed E-state index contributed by atoms with van der Waals surface area (Å²) in [6.45, 7) is 2.08. The van der Waals surface area contributed by atoms with Crippen LogP contribution >= 0.6 is 22.9 Å². The van der Waals surface area contributed by atoms with Crippen LogP contribution in [0.2, 0.25) is 5.02 Å². The molecule has 6 heteroatoms. The minimum atomic E-state index is -0.894. The van der Waals surface area contributed by atoms with E-state index >= 15 is 0 Å². The first-order valence-corrected chi connectivity index (χ1v) is 8.31. The summed E-state index contributed by atoms with van der Waals surface area (Å²) < 4.78 is 1.28. The number of nitrogens with zero attached hydrogens (tertiary/aromatic N) is 2. The SMILES string of the molecule is Cc1ccc(-c2ccc(=O)n(CC(O)c3ccccc3Cl)n2)s1. The first-order chi connectivity index (χ1) is 11.0. The van der Waals surface area contributed by atoms with Crippen molar-refractivity contribution >= 4 is 22.9 Å². The summed E-state index contributed by atoms with van der Waals surface area (Å²) in [7, 11) is 0. The maximum absolute atomic E-state index is 12.0. The van der Waals surface area contributed by atoms with Crippen LogP contribution in [0.4, 0.5) is 0 Å². The second kappa shape index (κ2) is 6.66. The lowest BCUT2D eigenvalue weighted by Crippen LogP contribution is -2.25. The van der Waals surface area contributed by atoms with E-state index in [0.29, 0.717) is 16.3 Å². The third-order valence-corrected chi connectivity index (χ3v) is 4.84. The van der Waals surface area contributed by atoms with Crippen molar-refractivity contribution in [1.29, 1.82) is 0 Å². The number of aromatic nitrogens is 2. The topological polar surface area (TPSA) is 55.1 Å². The summed E-state index contributed by atoms with van der Waals surface area (Å²) in [5, 5.41) is 15.2. The number of benzene rings is 1. The minimum Gasteiger partial charge on any atom is -0.386 e. The average Bonchev–Trinajstić information content (AvgIpc) is 2.96. The van der Waals surface area contributed by atoms with Crippen molar-refractivity contribution in [3.05, 3.63) is 74.3 Å². The van der Waals surface area contributed by atoms with E-state index in [1.165, 1.54) is 15.6 Å². The molecule has 0 aliphatic rings. The molecule has 1 unspecified atom stereocenters. The summed E-state index contributed by atoms with van der Waals surface area (Å²) in [5.74, 6) is 0. The van der Waals surface area contributed by atoms with Crippen LogP contribution in [0.25, 0.3) is 10.6 Å². The molecular weight excluding hydrogens is 332 g/mol. The van der Waals surface area contributed by atoms with Crippen LogP contribution in [0.15, 0.2) is 53.3 Å². The van der Waals surface area contributed by atoms with Gasteiger partial charge in [0.05, 0.1) is 11.4 Å². The lowest BCUT2D eigenvalue weighted by molar-refractivity contribution is 0.149. The third-order valence-electron chi connectivity index (χ3n) is 3.47. The molecule has 1 aromatic carbocycles. The molecule has 2 aromatic heterocycles. The Kier molecular flexibility index (Phi) is 4.61. The van der Waals surface area contributed by atoms with E-state index in [0.717, 1.165) is 4.88 Å². The predicted molar refractivity (Wildman–Crippen MR) is 93.0 cm³/mol. The molecule has 1 atom stereocenters. The Bertz CT molecular complexity index is 888. The van der Waals surface area contributed by atoms with Gasteiger partial charge in [0, 0.05) is 21.5 Å². The standard InChI is InChI=1S/C17H15ClN2O2S/c1-11-6-8-16(23-11)14-7-9-17(22)20(19-14)10-15(21)12-4-2-3-5-13(12)18/h2-9,15,21H,10H2,1H3. The fraction of sp³-hybridized carbons (Fsp3) is 0.176. The Morgan fingerprint density at radius 2 is 2.00 bits per heavy atom. The molecule has 4 nitrogen and oxygen atoms in total. The van der Waals surface area contributed by atoms with Crippen LogP contribution in [-0.2, 0) is 6.54 Å². The van der Waals surface area contributed by atoms with E-state index in [2.05, 4.69) is 5.10 Å². The van der Waals surface area contributed by atoms with E-state index in [1.54, 1.807) is 41.7 Å². The first-order valence-electron chi connectivity index (χ1n) is 7.12. The van der Waals surface area contributed by atoms with E-state index < -0.39 is 6.10 Å². The van der Waals surface area contributed by atoms with Crippen molar-refractivity contribution in [2.75, 3.05) is 0 Å². The maximum Gasteiger partial charge on any atom is 0.266 e. The lowest BCUT2D eigenvalue weighted by atomic mass is 10.1. The van der Waals surface area contributed by atoms with Gasteiger partial charge in [0.2, 0.25) is 0 Å². The third kappa shape index (κ3) is 3.52. The Labute approximate surface area is 142 Å². The molecule has 1 N–H and O–H groups in total. The number of hydrogen-bond acceptors (Lipinski definition) is 4. The number of aryl methyl sites for hydroxylation is 1. The predicted octanol–water partition coefficient (Wildman–Crippen LogP) is 3.67. The molecule has 0 aliphatic heterocycles. The van der Waals surface area contributed by atoms with Crippen molar-refractivity contribution < 1.29 is 5.11 Å². The van der Waals surface area contributed by atoms with Crippen LogP contribution in [0.5, 0.6) is 0 Å². The van der Waals surface area contributed by atoms with Crippen molar-refractivity contribution in [3.8, 4) is 10.6 Å². The number of aliphatic hydroxyl groups excluding tert-OH is 1. The van der Waals surface area contributed by atoms with Crippen LogP contribution in [0.1, 0.15) is 16.5 Å². The second-order valence-electron chi connectivity index (χ2n) is 5.19. The van der Waals surface area contributed by atoms with E-state index in [1.807, 2.05) is 19.1 Å². The molecule has 0 bridgehead atoms. The Morgan fingerprint density at radius 1 is 1.22 bits per heavy atom. The van der Waals surface area contributed by atoms with Gasteiger partial charge in [0.15, 0.2) is 0 Å². The molecule has 0 fully saturated rings. The highest BCUT2D eigenvalue weighted by atomic mass is 35.5. The molecule has 0 radical (unpaired) electrons. The average molecular weight is 347 g/mol. The molecule has 2 heterocycles. The summed E-state index contributed by atoms with van der Waals surface area (Å²) in [6, 6.07) is 14.2. The highest BCUT2D eigenvalue weighted by Crippen LogP contribution is 2.26. The van der Waals surface area contributed by atoms with Crippen LogP contribution in [-0.4, -0.2) is 14.9 Å². The number of thiophene rings is 1. The fourth-order valence-electron chi connectivity index (χ4n) is 2.29. The van der Waals surface area contributed by atoms with Gasteiger partial charge in [0.25, 0.3) is 5.56 Å². The van der Waals surface area contributed by atoms with Crippen molar-refractivity contribution in [1.82, 2.24) is 9.78 Å². The summed E-state index contributed by atoms with van der Waals surface area (Å²) in [5.41, 5.74) is 1.04. The molecule has 0 saturated carbocycles. The van der Waals surface area contributed by atoms with Crippen LogP contribution in [0.3, 0.4) is 0 Å². The van der Waals surface area contributed by atoms with Gasteiger partial charge >= 0.3 is 0 Å². The monoisotopic (exact) mass is 346 g/mol. The quantitative estimate of drug-likeness (QED) is 0.784. The highest BCUT2D eigenvalue weighted by molar-refractivity contribution is 7.15. The number of aliphatic hydroxyl groups is 1. The van der Waals surface area contributed by atoms with Crippen LogP contribution in [0, 0.1) is 6.92 Å². The fourth-order valence-corrected chi connectivity index (χ4v) is 3.38. The molecule has 0 spiro atoms. The van der Waals surface area contributed by atoms with Gasteiger partial charge in [-0.25, -0.2) is 4.68 Å². The van der Waals surface area contributed by atoms with Gasteiger partial charge in [-0.15, -0.1) is 11.3 Å². The van der Waals surface area contributed by atoms with Gasteiger partial charge < -0.3 is 5.11 Å². The maximum atomic E-state index is 12.0. The number of rotatable bonds is 4. The summed E-state index contributed by atoms with van der Waals surface area (Å²) in [6.07, 6.45) is -0.894. The van der Waals surface area contributed by atoms with E-state index in [4.69, 9.17) is 11.6 Å². The highest BCUT2D eigenvalue weighted by Gasteiger charge is 2.14. The molecule has 3 rings (SSSR count). The van der Waals surface area contributed by atoms with Crippen molar-refractivity contribution in [3.63, 3.8) is 0 Å². The molecule has 0 amide bonds. The number of hydrogen-bond donors (Lipinski definition) is 1. The molecule has 3 aromatic rings. The minimum absolute atomic E-state index is 0.0563. The van der Waals surface area contributed by atoms with Gasteiger partial charge in [-0.05, 0) is 31.2 Å². The summed E-state index contributed by atoms with van der Waals surface area (Å²) >= 11 is 7.70. The smallest absolute Gasteiger partial charge is 0.266 e. The molecule has 0 aliphatic carbocycles. The lowest BCUT2D eigenvalue weighted by Gasteiger charge is -2.14. The zero-order valence-corrected chi connectivity index (χ0v) is 14.0. The van der Waals surface area contributed by atoms with Gasteiger partial charge in [-0.3, -0.25) is 4.79 Å². The number of halogens is 1. The van der Waals surface area contributed by atoms with E-state index in [-0.39, 0.29) is 12.1 Å². The largest absolute Gasteiger partial charge is 0.386 e. The van der Waals surface area contributed by atoms with Crippen molar-refractivity contribution in [2.45, 2.75) is 19.6 Å². The summed E-state index contributed by atoms with van der Waals surface area (Å²) in [4.78, 5) is 14.2. The zero-order chi connectivity index (χ0) is 16.4. The van der Waals surface area contributed by atoms with Gasteiger partial charge in [0.1, 0.15) is 11.8 Å². The molecule has 23 heavy (non-hydrogen) atoms. The van der Waals surface area contributed by atoms with Gasteiger partial charge in [-0.1, -0.05) is 29.8 Å². The normalized spacial score (nSPS) is 12.3. The Balaban J connectivity index is 1.91.